The predicted octanol–water partition coefficient (Wildman–Crippen LogP) is 7.51. The van der Waals surface area contributed by atoms with Gasteiger partial charge in [-0.25, -0.2) is 0 Å². The molecule has 4 rings (SSSR count). The van der Waals surface area contributed by atoms with Gasteiger partial charge in [0.05, 0.1) is 5.52 Å². The molecule has 0 amide bonds. The number of fused-ring (bicyclic) bond motifs is 1. The molecule has 0 fully saturated rings. The Bertz CT molecular complexity index is 1070. The van der Waals surface area contributed by atoms with Crippen molar-refractivity contribution in [1.82, 2.24) is 3.97 Å². The van der Waals surface area contributed by atoms with Gasteiger partial charge in [-0.1, -0.05) is 59.6 Å². The van der Waals surface area contributed by atoms with E-state index in [1.165, 1.54) is 27.1 Å². The summed E-state index contributed by atoms with van der Waals surface area (Å²) in [4.78, 5) is 1.21. The number of halogens is 2. The molecule has 0 radical (unpaired) electrons. The van der Waals surface area contributed by atoms with E-state index in [-0.39, 0.29) is 0 Å². The lowest BCUT2D eigenvalue weighted by atomic mass is 10.1. The highest BCUT2D eigenvalue weighted by Crippen LogP contribution is 2.35. The lowest BCUT2D eigenvalue weighted by Crippen LogP contribution is -1.97. The molecule has 0 saturated heterocycles. The zero-order valence-electron chi connectivity index (χ0n) is 14.2. The Labute approximate surface area is 171 Å². The molecule has 1 aromatic heterocycles. The van der Waals surface area contributed by atoms with E-state index in [2.05, 4.69) is 81.4 Å². The fourth-order valence-electron chi connectivity index (χ4n) is 3.01. The van der Waals surface area contributed by atoms with Crippen molar-refractivity contribution in [2.24, 2.45) is 0 Å². The Morgan fingerprint density at radius 3 is 2.50 bits per heavy atom. The Hall–Kier alpha value is -1.68. The highest BCUT2D eigenvalue weighted by molar-refractivity contribution is 9.10. The van der Waals surface area contributed by atoms with Crippen molar-refractivity contribution in [3.63, 3.8) is 0 Å². The van der Waals surface area contributed by atoms with Crippen LogP contribution in [0.3, 0.4) is 0 Å². The van der Waals surface area contributed by atoms with E-state index in [4.69, 9.17) is 11.6 Å². The summed E-state index contributed by atoms with van der Waals surface area (Å²) in [5, 5.41) is 2.03. The van der Waals surface area contributed by atoms with Crippen molar-refractivity contribution in [2.75, 3.05) is 0 Å². The maximum Gasteiger partial charge on any atom is 0.0740 e. The van der Waals surface area contributed by atoms with E-state index in [0.29, 0.717) is 0 Å². The Balaban J connectivity index is 1.82. The van der Waals surface area contributed by atoms with Gasteiger partial charge in [0.25, 0.3) is 0 Å². The molecule has 1 nitrogen and oxygen atoms in total. The van der Waals surface area contributed by atoms with Crippen LogP contribution in [0.5, 0.6) is 0 Å². The van der Waals surface area contributed by atoms with Crippen LogP contribution in [-0.4, -0.2) is 3.97 Å². The molecule has 0 atom stereocenters. The second kappa shape index (κ2) is 7.51. The van der Waals surface area contributed by atoms with E-state index in [1.807, 2.05) is 18.2 Å². The summed E-state index contributed by atoms with van der Waals surface area (Å²) in [6, 6.07) is 25.3. The third-order valence-corrected chi connectivity index (χ3v) is 6.44. The molecule has 4 aromatic rings. The third kappa shape index (κ3) is 3.57. The number of benzene rings is 3. The molecule has 0 bridgehead atoms. The van der Waals surface area contributed by atoms with E-state index in [0.717, 1.165) is 21.5 Å². The van der Waals surface area contributed by atoms with Crippen molar-refractivity contribution in [3.05, 3.63) is 99.1 Å². The highest BCUT2D eigenvalue weighted by atomic mass is 79.9. The largest absolute Gasteiger partial charge is 0.282 e. The Morgan fingerprint density at radius 2 is 1.73 bits per heavy atom. The second-order valence-electron chi connectivity index (χ2n) is 6.28. The maximum absolute atomic E-state index is 6.41. The van der Waals surface area contributed by atoms with Gasteiger partial charge in [0.1, 0.15) is 0 Å². The molecular formula is C22H17BrClNS. The van der Waals surface area contributed by atoms with E-state index in [9.17, 15) is 0 Å². The number of hydrogen-bond acceptors (Lipinski definition) is 1. The first-order valence-electron chi connectivity index (χ1n) is 8.39. The molecule has 130 valence electrons. The van der Waals surface area contributed by atoms with Crippen LogP contribution in [0.4, 0.5) is 0 Å². The average molecular weight is 443 g/mol. The number of rotatable bonds is 4. The lowest BCUT2D eigenvalue weighted by Gasteiger charge is -2.12. The molecule has 0 aliphatic rings. The summed E-state index contributed by atoms with van der Waals surface area (Å²) in [5.41, 5.74) is 4.83. The van der Waals surface area contributed by atoms with Gasteiger partial charge in [-0.05, 0) is 70.7 Å². The summed E-state index contributed by atoms with van der Waals surface area (Å²) < 4.78 is 3.41. The number of aromatic nitrogens is 1. The van der Waals surface area contributed by atoms with E-state index in [1.54, 1.807) is 11.9 Å². The summed E-state index contributed by atoms with van der Waals surface area (Å²) >= 11 is 11.9. The first-order valence-corrected chi connectivity index (χ1v) is 10.3. The molecule has 1 heterocycles. The minimum Gasteiger partial charge on any atom is -0.282 e. The standard InChI is InChI=1S/C22H17BrClNS/c1-15-9-11-19(12-10-15)26-25-18(13-16-5-2-3-8-21(16)24)14-17-6-4-7-20(23)22(17)25/h2-12,14H,13H2,1H3. The molecule has 26 heavy (non-hydrogen) atoms. The smallest absolute Gasteiger partial charge is 0.0740 e. The number of aryl methyl sites for hydroxylation is 1. The normalized spacial score (nSPS) is 11.2. The van der Waals surface area contributed by atoms with E-state index >= 15 is 0 Å². The van der Waals surface area contributed by atoms with Crippen LogP contribution >= 0.6 is 39.5 Å². The van der Waals surface area contributed by atoms with Crippen LogP contribution in [0.2, 0.25) is 5.02 Å². The van der Waals surface area contributed by atoms with Gasteiger partial charge in [0, 0.05) is 31.9 Å². The lowest BCUT2D eigenvalue weighted by molar-refractivity contribution is 1.08. The number of hydrogen-bond donors (Lipinski definition) is 0. The summed E-state index contributed by atoms with van der Waals surface area (Å²) in [6.07, 6.45) is 0.791. The van der Waals surface area contributed by atoms with Crippen molar-refractivity contribution < 1.29 is 0 Å². The topological polar surface area (TPSA) is 4.93 Å². The van der Waals surface area contributed by atoms with Crippen molar-refractivity contribution >= 4 is 50.4 Å². The third-order valence-electron chi connectivity index (χ3n) is 4.35. The molecule has 4 heteroatoms. The van der Waals surface area contributed by atoms with Crippen molar-refractivity contribution in [2.45, 2.75) is 18.2 Å². The minimum atomic E-state index is 0.791. The molecular weight excluding hydrogens is 426 g/mol. The Kier molecular flexibility index (Phi) is 5.12. The van der Waals surface area contributed by atoms with Gasteiger partial charge in [-0.3, -0.25) is 3.97 Å². The van der Waals surface area contributed by atoms with Gasteiger partial charge >= 0.3 is 0 Å². The zero-order valence-corrected chi connectivity index (χ0v) is 17.4. The van der Waals surface area contributed by atoms with Crippen LogP contribution in [0.25, 0.3) is 10.9 Å². The minimum absolute atomic E-state index is 0.791. The fraction of sp³-hybridized carbons (Fsp3) is 0.0909. The Morgan fingerprint density at radius 1 is 0.962 bits per heavy atom. The van der Waals surface area contributed by atoms with Gasteiger partial charge < -0.3 is 0 Å². The predicted molar refractivity (Wildman–Crippen MR) is 116 cm³/mol. The van der Waals surface area contributed by atoms with Crippen LogP contribution in [-0.2, 0) is 6.42 Å². The van der Waals surface area contributed by atoms with Crippen molar-refractivity contribution in [1.29, 1.82) is 0 Å². The van der Waals surface area contributed by atoms with Crippen LogP contribution in [0.15, 0.2) is 82.2 Å². The quantitative estimate of drug-likeness (QED) is 0.316. The second-order valence-corrected chi connectivity index (χ2v) is 8.56. The fourth-order valence-corrected chi connectivity index (χ4v) is 4.89. The van der Waals surface area contributed by atoms with E-state index < -0.39 is 0 Å². The molecule has 0 spiro atoms. The van der Waals surface area contributed by atoms with Crippen LogP contribution in [0.1, 0.15) is 16.8 Å². The number of para-hydroxylation sites is 1. The monoisotopic (exact) mass is 441 g/mol. The summed E-state index contributed by atoms with van der Waals surface area (Å²) in [7, 11) is 0. The van der Waals surface area contributed by atoms with Gasteiger partial charge in [-0.15, -0.1) is 0 Å². The van der Waals surface area contributed by atoms with Crippen LogP contribution in [0, 0.1) is 6.92 Å². The summed E-state index contributed by atoms with van der Waals surface area (Å²) in [5.74, 6) is 0. The van der Waals surface area contributed by atoms with Gasteiger partial charge in [-0.2, -0.15) is 0 Å². The summed E-state index contributed by atoms with van der Waals surface area (Å²) in [6.45, 7) is 2.11. The molecule has 0 aliphatic carbocycles. The highest BCUT2D eigenvalue weighted by Gasteiger charge is 2.14. The molecule has 0 aliphatic heterocycles. The molecule has 0 saturated carbocycles. The zero-order chi connectivity index (χ0) is 18.1. The molecule has 3 aromatic carbocycles. The van der Waals surface area contributed by atoms with Crippen molar-refractivity contribution in [3.8, 4) is 0 Å². The molecule has 0 N–H and O–H groups in total. The number of nitrogens with zero attached hydrogens (tertiary/aromatic N) is 1. The van der Waals surface area contributed by atoms with Crippen LogP contribution < -0.4 is 0 Å². The average Bonchev–Trinajstić information content (AvgIpc) is 2.97. The van der Waals surface area contributed by atoms with Gasteiger partial charge in [0.2, 0.25) is 0 Å². The van der Waals surface area contributed by atoms with Gasteiger partial charge in [0.15, 0.2) is 0 Å². The maximum atomic E-state index is 6.41. The SMILES string of the molecule is Cc1ccc(Sn2c(Cc3ccccc3Cl)cc3cccc(Br)c32)cc1. The first kappa shape index (κ1) is 17.7. The first-order chi connectivity index (χ1) is 12.6. The molecule has 0 unspecified atom stereocenters.